The second-order valence-corrected chi connectivity index (χ2v) is 3.71. The zero-order chi connectivity index (χ0) is 9.26. The van der Waals surface area contributed by atoms with Crippen molar-refractivity contribution in [1.29, 1.82) is 0 Å². The summed E-state index contributed by atoms with van der Waals surface area (Å²) in [6.45, 7) is 1.99. The van der Waals surface area contributed by atoms with Gasteiger partial charge in [-0.2, -0.15) is 0 Å². The van der Waals surface area contributed by atoms with Crippen LogP contribution < -0.4 is 11.3 Å². The normalized spacial score (nSPS) is 18.6. The van der Waals surface area contributed by atoms with Gasteiger partial charge in [-0.25, -0.2) is 0 Å². The summed E-state index contributed by atoms with van der Waals surface area (Å²) < 4.78 is 0. The van der Waals surface area contributed by atoms with Crippen molar-refractivity contribution in [2.75, 3.05) is 0 Å². The highest BCUT2D eigenvalue weighted by Gasteiger charge is 2.31. The Morgan fingerprint density at radius 2 is 2.31 bits per heavy atom. The van der Waals surface area contributed by atoms with Crippen LogP contribution in [0.15, 0.2) is 18.3 Å². The number of nitrogens with two attached hydrogens (primary N) is 1. The number of hydrogen-bond donors (Lipinski definition) is 2. The second-order valence-electron chi connectivity index (χ2n) is 3.71. The Labute approximate surface area is 78.3 Å². The maximum atomic E-state index is 5.51. The van der Waals surface area contributed by atoms with Gasteiger partial charge in [0.1, 0.15) is 0 Å². The molecule has 1 aromatic heterocycles. The van der Waals surface area contributed by atoms with E-state index in [9.17, 15) is 0 Å². The average molecular weight is 177 g/mol. The monoisotopic (exact) mass is 177 g/mol. The van der Waals surface area contributed by atoms with Gasteiger partial charge >= 0.3 is 0 Å². The van der Waals surface area contributed by atoms with E-state index in [1.165, 1.54) is 18.4 Å². The summed E-state index contributed by atoms with van der Waals surface area (Å²) >= 11 is 0. The zero-order valence-corrected chi connectivity index (χ0v) is 7.83. The number of pyridine rings is 1. The number of rotatable bonds is 3. The largest absolute Gasteiger partial charge is 0.271 e. The van der Waals surface area contributed by atoms with Crippen molar-refractivity contribution < 1.29 is 0 Å². The van der Waals surface area contributed by atoms with Crippen LogP contribution in [0.4, 0.5) is 0 Å². The molecule has 1 unspecified atom stereocenters. The van der Waals surface area contributed by atoms with E-state index >= 15 is 0 Å². The van der Waals surface area contributed by atoms with Crippen LogP contribution in [-0.2, 0) is 0 Å². The average Bonchev–Trinajstić information content (AvgIpc) is 2.93. The fourth-order valence-electron chi connectivity index (χ4n) is 1.60. The number of hydrogen-bond acceptors (Lipinski definition) is 3. The lowest BCUT2D eigenvalue weighted by Gasteiger charge is -2.14. The van der Waals surface area contributed by atoms with E-state index in [0.717, 1.165) is 11.6 Å². The van der Waals surface area contributed by atoms with Gasteiger partial charge in [0, 0.05) is 11.9 Å². The molecule has 1 fully saturated rings. The third-order valence-corrected chi connectivity index (χ3v) is 2.57. The van der Waals surface area contributed by atoms with Gasteiger partial charge in [0.25, 0.3) is 0 Å². The first-order chi connectivity index (χ1) is 6.31. The molecule has 1 heterocycles. The first-order valence-corrected chi connectivity index (χ1v) is 4.70. The number of nitrogens with one attached hydrogen (secondary N) is 1. The van der Waals surface area contributed by atoms with Crippen molar-refractivity contribution in [3.05, 3.63) is 29.6 Å². The van der Waals surface area contributed by atoms with Gasteiger partial charge in [-0.05, 0) is 37.3 Å². The molecule has 3 heteroatoms. The minimum atomic E-state index is 0.299. The highest BCUT2D eigenvalue weighted by atomic mass is 15.2. The van der Waals surface area contributed by atoms with Crippen molar-refractivity contribution in [3.63, 3.8) is 0 Å². The van der Waals surface area contributed by atoms with E-state index in [4.69, 9.17) is 5.84 Å². The smallest absolute Gasteiger partial charge is 0.0503 e. The number of hydrazine groups is 1. The van der Waals surface area contributed by atoms with Gasteiger partial charge in [0.15, 0.2) is 0 Å². The number of aryl methyl sites for hydroxylation is 1. The van der Waals surface area contributed by atoms with Crippen molar-refractivity contribution in [3.8, 4) is 0 Å². The molecule has 0 amide bonds. The molecule has 70 valence electrons. The first-order valence-electron chi connectivity index (χ1n) is 4.70. The molecule has 2 rings (SSSR count). The van der Waals surface area contributed by atoms with Crippen LogP contribution in [0.25, 0.3) is 0 Å². The van der Waals surface area contributed by atoms with Crippen molar-refractivity contribution in [2.45, 2.75) is 25.8 Å². The number of aromatic nitrogens is 1. The highest BCUT2D eigenvalue weighted by Crippen LogP contribution is 2.40. The molecule has 13 heavy (non-hydrogen) atoms. The van der Waals surface area contributed by atoms with Crippen LogP contribution in [0.3, 0.4) is 0 Å². The standard InChI is InChI=1S/C10H15N3/c1-7-2-3-9(6-12-7)10(13-11)8-4-5-8/h2-3,6,8,10,13H,4-5,11H2,1H3. The minimum absolute atomic E-state index is 0.299. The Balaban J connectivity index is 2.17. The fourth-order valence-corrected chi connectivity index (χ4v) is 1.60. The molecule has 0 saturated heterocycles. The number of nitrogens with zero attached hydrogens (tertiary/aromatic N) is 1. The molecule has 0 bridgehead atoms. The Bertz CT molecular complexity index is 277. The Morgan fingerprint density at radius 1 is 1.54 bits per heavy atom. The van der Waals surface area contributed by atoms with Crippen LogP contribution in [-0.4, -0.2) is 4.98 Å². The van der Waals surface area contributed by atoms with Gasteiger partial charge < -0.3 is 0 Å². The fraction of sp³-hybridized carbons (Fsp3) is 0.500. The summed E-state index contributed by atoms with van der Waals surface area (Å²) in [4.78, 5) is 4.26. The molecular formula is C10H15N3. The predicted molar refractivity (Wildman–Crippen MR) is 51.8 cm³/mol. The van der Waals surface area contributed by atoms with Crippen LogP contribution in [0.5, 0.6) is 0 Å². The lowest BCUT2D eigenvalue weighted by molar-refractivity contribution is 0.495. The molecule has 1 atom stereocenters. The van der Waals surface area contributed by atoms with Gasteiger partial charge in [0.05, 0.1) is 6.04 Å². The summed E-state index contributed by atoms with van der Waals surface area (Å²) in [5.74, 6) is 6.22. The van der Waals surface area contributed by atoms with Crippen LogP contribution in [0, 0.1) is 12.8 Å². The van der Waals surface area contributed by atoms with Crippen LogP contribution in [0.2, 0.25) is 0 Å². The molecule has 0 aromatic carbocycles. The van der Waals surface area contributed by atoms with E-state index in [0.29, 0.717) is 6.04 Å². The molecule has 3 nitrogen and oxygen atoms in total. The van der Waals surface area contributed by atoms with Crippen molar-refractivity contribution >= 4 is 0 Å². The van der Waals surface area contributed by atoms with E-state index in [1.54, 1.807) is 0 Å². The highest BCUT2D eigenvalue weighted by molar-refractivity contribution is 5.19. The van der Waals surface area contributed by atoms with Gasteiger partial charge in [-0.3, -0.25) is 16.3 Å². The SMILES string of the molecule is Cc1ccc(C(NN)C2CC2)cn1. The third kappa shape index (κ3) is 1.87. The van der Waals surface area contributed by atoms with Crippen LogP contribution in [0.1, 0.15) is 30.1 Å². The van der Waals surface area contributed by atoms with E-state index in [2.05, 4.69) is 16.5 Å². The quantitative estimate of drug-likeness (QED) is 0.540. The van der Waals surface area contributed by atoms with Gasteiger partial charge in [-0.1, -0.05) is 6.07 Å². The lowest BCUT2D eigenvalue weighted by Crippen LogP contribution is -2.29. The molecule has 3 N–H and O–H groups in total. The van der Waals surface area contributed by atoms with Gasteiger partial charge in [-0.15, -0.1) is 0 Å². The zero-order valence-electron chi connectivity index (χ0n) is 7.83. The maximum Gasteiger partial charge on any atom is 0.0503 e. The summed E-state index contributed by atoms with van der Waals surface area (Å²) in [5.41, 5.74) is 5.12. The van der Waals surface area contributed by atoms with Gasteiger partial charge in [0.2, 0.25) is 0 Å². The summed E-state index contributed by atoms with van der Waals surface area (Å²) in [7, 11) is 0. The molecule has 1 aliphatic carbocycles. The van der Waals surface area contributed by atoms with Crippen LogP contribution >= 0.6 is 0 Å². The Morgan fingerprint density at radius 3 is 2.77 bits per heavy atom. The lowest BCUT2D eigenvalue weighted by atomic mass is 10.1. The molecular weight excluding hydrogens is 162 g/mol. The second kappa shape index (κ2) is 3.44. The molecule has 0 aliphatic heterocycles. The summed E-state index contributed by atoms with van der Waals surface area (Å²) in [6.07, 6.45) is 4.48. The summed E-state index contributed by atoms with van der Waals surface area (Å²) in [6, 6.07) is 4.43. The van der Waals surface area contributed by atoms with Crippen molar-refractivity contribution in [2.24, 2.45) is 11.8 Å². The molecule has 1 saturated carbocycles. The molecule has 0 radical (unpaired) electrons. The third-order valence-electron chi connectivity index (χ3n) is 2.57. The van der Waals surface area contributed by atoms with E-state index in [-0.39, 0.29) is 0 Å². The maximum absolute atomic E-state index is 5.51. The molecule has 0 spiro atoms. The molecule has 1 aromatic rings. The Hall–Kier alpha value is -0.930. The van der Waals surface area contributed by atoms with E-state index in [1.807, 2.05) is 19.2 Å². The topological polar surface area (TPSA) is 50.9 Å². The Kier molecular flexibility index (Phi) is 2.29. The first kappa shape index (κ1) is 8.66. The molecule has 1 aliphatic rings. The summed E-state index contributed by atoms with van der Waals surface area (Å²) in [5, 5.41) is 0. The minimum Gasteiger partial charge on any atom is -0.271 e. The van der Waals surface area contributed by atoms with E-state index < -0.39 is 0 Å². The predicted octanol–water partition coefficient (Wildman–Crippen LogP) is 1.30. The van der Waals surface area contributed by atoms with Crippen molar-refractivity contribution in [1.82, 2.24) is 10.4 Å².